The molecule has 3 atom stereocenters. The van der Waals surface area contributed by atoms with Gasteiger partial charge in [-0.3, -0.25) is 0 Å². The van der Waals surface area contributed by atoms with Gasteiger partial charge in [0.1, 0.15) is 11.9 Å². The summed E-state index contributed by atoms with van der Waals surface area (Å²) in [6, 6.07) is 10.7. The fourth-order valence-corrected chi connectivity index (χ4v) is 4.68. The number of methoxy groups -OCH3 is 4. The molecule has 34 heavy (non-hydrogen) atoms. The zero-order valence-corrected chi connectivity index (χ0v) is 20.8. The van der Waals surface area contributed by atoms with E-state index in [-0.39, 0.29) is 12.0 Å². The van der Waals surface area contributed by atoms with Crippen LogP contribution >= 0.6 is 0 Å². The third kappa shape index (κ3) is 5.39. The number of esters is 1. The Labute approximate surface area is 201 Å². The third-order valence-electron chi connectivity index (χ3n) is 6.40. The lowest BCUT2D eigenvalue weighted by atomic mass is 9.70. The highest BCUT2D eigenvalue weighted by Crippen LogP contribution is 2.44. The molecule has 0 saturated heterocycles. The van der Waals surface area contributed by atoms with Gasteiger partial charge in [-0.05, 0) is 63.2 Å². The zero-order valence-electron chi connectivity index (χ0n) is 20.8. The fraction of sp³-hybridized carbons (Fsp3) is 0.500. The normalized spacial score (nSPS) is 22.2. The summed E-state index contributed by atoms with van der Waals surface area (Å²) in [6.45, 7) is 0.645. The Morgan fingerprint density at radius 2 is 1.71 bits per heavy atom. The molecule has 8 heteroatoms. The van der Waals surface area contributed by atoms with Crippen LogP contribution < -0.4 is 18.9 Å². The van der Waals surface area contributed by atoms with E-state index in [4.69, 9.17) is 23.7 Å². The second-order valence-corrected chi connectivity index (χ2v) is 8.83. The van der Waals surface area contributed by atoms with Gasteiger partial charge in [-0.25, -0.2) is 4.79 Å². The van der Waals surface area contributed by atoms with E-state index >= 15 is 0 Å². The van der Waals surface area contributed by atoms with Crippen molar-refractivity contribution in [2.24, 2.45) is 5.92 Å². The number of carbonyl (C=O) groups is 1. The van der Waals surface area contributed by atoms with Crippen molar-refractivity contribution < 1.29 is 33.6 Å². The average molecular weight is 474 g/mol. The van der Waals surface area contributed by atoms with Crippen LogP contribution in [-0.2, 0) is 10.3 Å². The molecule has 2 aromatic rings. The van der Waals surface area contributed by atoms with Gasteiger partial charge < -0.3 is 33.7 Å². The lowest BCUT2D eigenvalue weighted by Crippen LogP contribution is -2.47. The van der Waals surface area contributed by atoms with E-state index in [0.717, 1.165) is 5.56 Å². The van der Waals surface area contributed by atoms with Crippen LogP contribution in [0.1, 0.15) is 35.2 Å². The van der Waals surface area contributed by atoms with Crippen LogP contribution in [-0.4, -0.2) is 71.2 Å². The van der Waals surface area contributed by atoms with Gasteiger partial charge in [0.05, 0.1) is 39.6 Å². The molecule has 0 bridgehead atoms. The van der Waals surface area contributed by atoms with Gasteiger partial charge in [-0.2, -0.15) is 0 Å². The minimum Gasteiger partial charge on any atom is -0.497 e. The minimum absolute atomic E-state index is 0.138. The molecule has 1 aliphatic rings. The Balaban J connectivity index is 1.82. The quantitative estimate of drug-likeness (QED) is 0.554. The fourth-order valence-electron chi connectivity index (χ4n) is 4.68. The van der Waals surface area contributed by atoms with E-state index in [0.29, 0.717) is 54.4 Å². The van der Waals surface area contributed by atoms with Crippen molar-refractivity contribution in [2.75, 3.05) is 49.1 Å². The predicted octanol–water partition coefficient (Wildman–Crippen LogP) is 3.50. The number of ether oxygens (including phenoxy) is 5. The second kappa shape index (κ2) is 11.0. The van der Waals surface area contributed by atoms with E-state index in [9.17, 15) is 9.90 Å². The second-order valence-electron chi connectivity index (χ2n) is 8.83. The Bertz CT molecular complexity index is 968. The van der Waals surface area contributed by atoms with Gasteiger partial charge >= 0.3 is 5.97 Å². The Morgan fingerprint density at radius 3 is 2.26 bits per heavy atom. The number of hydrogen-bond acceptors (Lipinski definition) is 8. The highest BCUT2D eigenvalue weighted by atomic mass is 16.5. The van der Waals surface area contributed by atoms with Gasteiger partial charge in [-0.1, -0.05) is 12.1 Å². The van der Waals surface area contributed by atoms with Crippen LogP contribution in [0.25, 0.3) is 0 Å². The Kier molecular flexibility index (Phi) is 8.28. The van der Waals surface area contributed by atoms with Crippen LogP contribution in [0.3, 0.4) is 0 Å². The summed E-state index contributed by atoms with van der Waals surface area (Å²) in [5.74, 6) is 1.27. The standard InChI is InChI=1S/C26H35NO7/c1-27(2)16-19-15-21(10-11-26(19,29)18-8-7-9-20(14-18)30-3)34-25(28)17-12-22(31-4)24(33-6)23(13-17)32-5/h7-9,12-14,19,21,29H,10-11,15-16H2,1-6H3. The van der Waals surface area contributed by atoms with E-state index in [1.807, 2.05) is 43.3 Å². The van der Waals surface area contributed by atoms with Crippen molar-refractivity contribution in [3.05, 3.63) is 47.5 Å². The molecule has 1 N–H and O–H groups in total. The van der Waals surface area contributed by atoms with Gasteiger partial charge in [0.25, 0.3) is 0 Å². The van der Waals surface area contributed by atoms with E-state index in [1.165, 1.54) is 21.3 Å². The molecule has 0 aliphatic heterocycles. The van der Waals surface area contributed by atoms with Crippen LogP contribution in [0.5, 0.6) is 23.0 Å². The van der Waals surface area contributed by atoms with Crippen molar-refractivity contribution in [1.29, 1.82) is 0 Å². The molecule has 1 aliphatic carbocycles. The summed E-state index contributed by atoms with van der Waals surface area (Å²) in [5, 5.41) is 11.8. The Morgan fingerprint density at radius 1 is 1.03 bits per heavy atom. The van der Waals surface area contributed by atoms with Crippen molar-refractivity contribution in [3.8, 4) is 23.0 Å². The van der Waals surface area contributed by atoms with Gasteiger partial charge in [0.15, 0.2) is 11.5 Å². The number of benzene rings is 2. The molecule has 0 amide bonds. The molecule has 186 valence electrons. The first-order chi connectivity index (χ1) is 16.2. The summed E-state index contributed by atoms with van der Waals surface area (Å²) in [4.78, 5) is 15.1. The summed E-state index contributed by atoms with van der Waals surface area (Å²) in [7, 11) is 10.1. The topological polar surface area (TPSA) is 86.7 Å². The van der Waals surface area contributed by atoms with Gasteiger partial charge in [0.2, 0.25) is 5.75 Å². The highest BCUT2D eigenvalue weighted by Gasteiger charge is 2.44. The molecule has 0 radical (unpaired) electrons. The molecule has 1 fully saturated rings. The SMILES string of the molecule is COc1cccc(C2(O)CCC(OC(=O)c3cc(OC)c(OC)c(OC)c3)CC2CN(C)C)c1. The highest BCUT2D eigenvalue weighted by molar-refractivity contribution is 5.91. The predicted molar refractivity (Wildman–Crippen MR) is 128 cm³/mol. The third-order valence-corrected chi connectivity index (χ3v) is 6.40. The summed E-state index contributed by atoms with van der Waals surface area (Å²) < 4.78 is 27.3. The lowest BCUT2D eigenvalue weighted by molar-refractivity contribution is -0.0960. The van der Waals surface area contributed by atoms with Crippen molar-refractivity contribution >= 4 is 5.97 Å². The largest absolute Gasteiger partial charge is 0.497 e. The van der Waals surface area contributed by atoms with Gasteiger partial charge in [-0.15, -0.1) is 0 Å². The number of rotatable bonds is 9. The van der Waals surface area contributed by atoms with Crippen molar-refractivity contribution in [1.82, 2.24) is 4.90 Å². The maximum Gasteiger partial charge on any atom is 0.338 e. The average Bonchev–Trinajstić information content (AvgIpc) is 2.84. The molecule has 3 rings (SSSR count). The van der Waals surface area contributed by atoms with Crippen molar-refractivity contribution in [3.63, 3.8) is 0 Å². The van der Waals surface area contributed by atoms with Crippen molar-refractivity contribution in [2.45, 2.75) is 31.0 Å². The zero-order chi connectivity index (χ0) is 24.9. The molecule has 0 spiro atoms. The lowest BCUT2D eigenvalue weighted by Gasteiger charge is -2.44. The molecular formula is C26H35NO7. The Hall–Kier alpha value is -2.97. The minimum atomic E-state index is -1.05. The maximum absolute atomic E-state index is 13.0. The summed E-state index contributed by atoms with van der Waals surface area (Å²) in [6.07, 6.45) is 1.20. The smallest absolute Gasteiger partial charge is 0.338 e. The molecule has 2 aromatic carbocycles. The summed E-state index contributed by atoms with van der Waals surface area (Å²) in [5.41, 5.74) is 0.0780. The molecule has 3 unspecified atom stereocenters. The first-order valence-corrected chi connectivity index (χ1v) is 11.3. The number of nitrogens with zero attached hydrogens (tertiary/aromatic N) is 1. The first kappa shape index (κ1) is 25.6. The van der Waals surface area contributed by atoms with E-state index < -0.39 is 11.6 Å². The van der Waals surface area contributed by atoms with Crippen LogP contribution in [0.4, 0.5) is 0 Å². The molecule has 0 heterocycles. The summed E-state index contributed by atoms with van der Waals surface area (Å²) >= 11 is 0. The maximum atomic E-state index is 13.0. The van der Waals surface area contributed by atoms with Crippen LogP contribution in [0.2, 0.25) is 0 Å². The molecular weight excluding hydrogens is 438 g/mol. The van der Waals surface area contributed by atoms with E-state index in [1.54, 1.807) is 19.2 Å². The number of hydrogen-bond donors (Lipinski definition) is 1. The molecule has 8 nitrogen and oxygen atoms in total. The number of carbonyl (C=O) groups excluding carboxylic acids is 1. The number of aliphatic hydroxyl groups is 1. The molecule has 0 aromatic heterocycles. The monoisotopic (exact) mass is 473 g/mol. The first-order valence-electron chi connectivity index (χ1n) is 11.3. The van der Waals surface area contributed by atoms with Crippen LogP contribution in [0, 0.1) is 5.92 Å². The van der Waals surface area contributed by atoms with E-state index in [2.05, 4.69) is 0 Å². The van der Waals surface area contributed by atoms with Crippen LogP contribution in [0.15, 0.2) is 36.4 Å². The molecule has 1 saturated carbocycles. The van der Waals surface area contributed by atoms with Gasteiger partial charge in [0, 0.05) is 12.5 Å².